The summed E-state index contributed by atoms with van der Waals surface area (Å²) in [4.78, 5) is 8.41. The molecule has 2 aromatic carbocycles. The lowest BCUT2D eigenvalue weighted by Crippen LogP contribution is -3.15. The zero-order chi connectivity index (χ0) is 25.0. The molecule has 1 aromatic heterocycles. The van der Waals surface area contributed by atoms with Crippen molar-refractivity contribution in [1.29, 1.82) is 0 Å². The van der Waals surface area contributed by atoms with Gasteiger partial charge in [0.25, 0.3) is 0 Å². The number of hydrogen-bond acceptors (Lipinski definition) is 5. The Morgan fingerprint density at radius 2 is 1.71 bits per heavy atom. The monoisotopic (exact) mass is 495 g/mol. The Morgan fingerprint density at radius 1 is 1.06 bits per heavy atom. The van der Waals surface area contributed by atoms with Gasteiger partial charge in [0.2, 0.25) is 10.0 Å². The molecule has 35 heavy (non-hydrogen) atoms. The van der Waals surface area contributed by atoms with Gasteiger partial charge in [-0.2, -0.15) is 0 Å². The first-order chi connectivity index (χ1) is 16.8. The Balaban J connectivity index is 1.50. The lowest BCUT2D eigenvalue weighted by atomic mass is 10.1. The second-order valence-electron chi connectivity index (χ2n) is 9.26. The number of anilines is 1. The number of benzene rings is 2. The number of sulfonamides is 1. The van der Waals surface area contributed by atoms with Crippen LogP contribution in [0.15, 0.2) is 65.8 Å². The molecule has 0 bridgehead atoms. The van der Waals surface area contributed by atoms with Gasteiger partial charge >= 0.3 is 0 Å². The summed E-state index contributed by atoms with van der Waals surface area (Å²) in [5.74, 6) is 0.848. The van der Waals surface area contributed by atoms with Gasteiger partial charge in [-0.1, -0.05) is 17.7 Å². The number of aromatic nitrogens is 1. The number of hydrogen-bond donors (Lipinski definition) is 2. The molecule has 8 heteroatoms. The average Bonchev–Trinajstić information content (AvgIpc) is 2.84. The number of piperazine rings is 1. The Kier molecular flexibility index (Phi) is 7.74. The molecule has 186 valence electrons. The van der Waals surface area contributed by atoms with E-state index < -0.39 is 10.0 Å². The van der Waals surface area contributed by atoms with Gasteiger partial charge in [0.1, 0.15) is 11.8 Å². The molecule has 2 heterocycles. The van der Waals surface area contributed by atoms with Crippen molar-refractivity contribution in [2.45, 2.75) is 31.7 Å². The zero-order valence-corrected chi connectivity index (χ0v) is 21.7. The summed E-state index contributed by atoms with van der Waals surface area (Å²) < 4.78 is 34.9. The smallest absolute Gasteiger partial charge is 0.241 e. The highest BCUT2D eigenvalue weighted by atomic mass is 32.2. The number of ether oxygens (including phenoxy) is 1. The van der Waals surface area contributed by atoms with Crippen molar-refractivity contribution < 1.29 is 18.1 Å². The SMILES string of the molecule is COc1ccc(N2CC[NH+](C(CNS(=O)(=O)c3c(C)cc(C)cc3C)c3cccnc3)CC2)cc1. The Morgan fingerprint density at radius 3 is 2.29 bits per heavy atom. The maximum atomic E-state index is 13.3. The summed E-state index contributed by atoms with van der Waals surface area (Å²) in [7, 11) is -1.97. The van der Waals surface area contributed by atoms with Crippen LogP contribution in [0.3, 0.4) is 0 Å². The number of nitrogens with one attached hydrogen (secondary N) is 2. The van der Waals surface area contributed by atoms with Gasteiger partial charge in [0.15, 0.2) is 0 Å². The number of quaternary nitrogens is 1. The van der Waals surface area contributed by atoms with Crippen LogP contribution in [-0.2, 0) is 10.0 Å². The van der Waals surface area contributed by atoms with Gasteiger partial charge in [-0.15, -0.1) is 0 Å². The van der Waals surface area contributed by atoms with E-state index in [-0.39, 0.29) is 6.04 Å². The molecule has 7 nitrogen and oxygen atoms in total. The van der Waals surface area contributed by atoms with Crippen molar-refractivity contribution in [3.63, 3.8) is 0 Å². The Hall–Kier alpha value is -2.94. The first-order valence-electron chi connectivity index (χ1n) is 12.0. The van der Waals surface area contributed by atoms with Gasteiger partial charge in [0.05, 0.1) is 44.7 Å². The summed E-state index contributed by atoms with van der Waals surface area (Å²) in [6.07, 6.45) is 3.60. The van der Waals surface area contributed by atoms with E-state index in [2.05, 4.69) is 26.7 Å². The minimum Gasteiger partial charge on any atom is -0.497 e. The normalized spacial score (nSPS) is 15.7. The molecule has 0 spiro atoms. The molecule has 0 radical (unpaired) electrons. The molecule has 2 N–H and O–H groups in total. The van der Waals surface area contributed by atoms with E-state index in [9.17, 15) is 8.42 Å². The number of nitrogens with zero attached hydrogens (tertiary/aromatic N) is 2. The third-order valence-electron chi connectivity index (χ3n) is 6.77. The molecule has 1 aliphatic rings. The predicted octanol–water partition coefficient (Wildman–Crippen LogP) is 2.44. The van der Waals surface area contributed by atoms with Crippen molar-refractivity contribution in [2.24, 2.45) is 0 Å². The van der Waals surface area contributed by atoms with Crippen molar-refractivity contribution in [1.82, 2.24) is 9.71 Å². The van der Waals surface area contributed by atoms with Gasteiger partial charge in [0, 0.05) is 23.6 Å². The molecular weight excluding hydrogens is 460 g/mol. The fourth-order valence-corrected chi connectivity index (χ4v) is 6.63. The van der Waals surface area contributed by atoms with Crippen LogP contribution in [0.2, 0.25) is 0 Å². The second-order valence-corrected chi connectivity index (χ2v) is 11.0. The van der Waals surface area contributed by atoms with Gasteiger partial charge in [-0.3, -0.25) is 4.98 Å². The van der Waals surface area contributed by atoms with Crippen LogP contribution in [0.25, 0.3) is 0 Å². The van der Waals surface area contributed by atoms with Crippen LogP contribution in [0.5, 0.6) is 5.75 Å². The highest BCUT2D eigenvalue weighted by Crippen LogP contribution is 2.22. The van der Waals surface area contributed by atoms with Gasteiger partial charge < -0.3 is 14.5 Å². The third-order valence-corrected chi connectivity index (χ3v) is 8.50. The topological polar surface area (TPSA) is 76.0 Å². The molecule has 1 saturated heterocycles. The van der Waals surface area contributed by atoms with E-state index in [1.165, 1.54) is 10.6 Å². The quantitative estimate of drug-likeness (QED) is 0.502. The maximum absolute atomic E-state index is 13.3. The van der Waals surface area contributed by atoms with Crippen LogP contribution >= 0.6 is 0 Å². The lowest BCUT2D eigenvalue weighted by molar-refractivity contribution is -0.930. The number of methoxy groups -OCH3 is 1. The fourth-order valence-electron chi connectivity index (χ4n) is 5.13. The molecule has 4 rings (SSSR count). The summed E-state index contributed by atoms with van der Waals surface area (Å²) in [6, 6.07) is 15.9. The maximum Gasteiger partial charge on any atom is 0.241 e. The molecule has 1 atom stereocenters. The first-order valence-corrected chi connectivity index (χ1v) is 13.5. The van der Waals surface area contributed by atoms with Gasteiger partial charge in [-0.05, 0) is 68.3 Å². The predicted molar refractivity (Wildman–Crippen MR) is 139 cm³/mol. The van der Waals surface area contributed by atoms with Crippen molar-refractivity contribution in [2.75, 3.05) is 44.7 Å². The standard InChI is InChI=1S/C27H34N4O3S/c1-20-16-21(2)27(22(3)17-20)35(32,33)29-19-26(23-6-5-11-28-18-23)31-14-12-30(13-15-31)24-7-9-25(34-4)10-8-24/h5-11,16-18,26,29H,12-15,19H2,1-4H3/p+1. The second kappa shape index (κ2) is 10.8. The molecule has 1 aliphatic heterocycles. The molecule has 0 amide bonds. The van der Waals surface area contributed by atoms with Crippen LogP contribution < -0.4 is 19.3 Å². The molecular formula is C27H35N4O3S+. The van der Waals surface area contributed by atoms with E-state index in [1.54, 1.807) is 13.3 Å². The van der Waals surface area contributed by atoms with Crippen LogP contribution in [0, 0.1) is 20.8 Å². The molecule has 1 unspecified atom stereocenters. The molecule has 3 aromatic rings. The van der Waals surface area contributed by atoms with Crippen molar-refractivity contribution in [3.05, 3.63) is 83.2 Å². The summed E-state index contributed by atoms with van der Waals surface area (Å²) in [5.41, 5.74) is 4.82. The molecule has 0 aliphatic carbocycles. The highest BCUT2D eigenvalue weighted by Gasteiger charge is 2.31. The largest absolute Gasteiger partial charge is 0.497 e. The average molecular weight is 496 g/mol. The van der Waals surface area contributed by atoms with Crippen LogP contribution in [0.4, 0.5) is 5.69 Å². The Bertz CT molecular complexity index is 1220. The minimum atomic E-state index is -3.65. The van der Waals surface area contributed by atoms with Crippen LogP contribution in [0.1, 0.15) is 28.3 Å². The lowest BCUT2D eigenvalue weighted by Gasteiger charge is -2.37. The summed E-state index contributed by atoms with van der Waals surface area (Å²) in [5, 5.41) is 0. The molecule has 1 fully saturated rings. The minimum absolute atomic E-state index is 0.0254. The van der Waals surface area contributed by atoms with E-state index in [0.29, 0.717) is 11.4 Å². The summed E-state index contributed by atoms with van der Waals surface area (Å²) in [6.45, 7) is 9.60. The third kappa shape index (κ3) is 5.83. The zero-order valence-electron chi connectivity index (χ0n) is 20.9. The van der Waals surface area contributed by atoms with Gasteiger partial charge in [-0.25, -0.2) is 13.1 Å². The number of aryl methyl sites for hydroxylation is 3. The van der Waals surface area contributed by atoms with Crippen molar-refractivity contribution >= 4 is 15.7 Å². The van der Waals surface area contributed by atoms with E-state index >= 15 is 0 Å². The van der Waals surface area contributed by atoms with E-state index in [1.807, 2.05) is 63.4 Å². The Labute approximate surface area is 208 Å². The van der Waals surface area contributed by atoms with E-state index in [0.717, 1.165) is 54.2 Å². The highest BCUT2D eigenvalue weighted by molar-refractivity contribution is 7.89. The van der Waals surface area contributed by atoms with Crippen LogP contribution in [-0.4, -0.2) is 53.2 Å². The first kappa shape index (κ1) is 25.2. The summed E-state index contributed by atoms with van der Waals surface area (Å²) >= 11 is 0. The number of pyridine rings is 1. The molecule has 0 saturated carbocycles. The van der Waals surface area contributed by atoms with E-state index in [4.69, 9.17) is 4.74 Å². The number of rotatable bonds is 8. The fraction of sp³-hybridized carbons (Fsp3) is 0.370. The van der Waals surface area contributed by atoms with Crippen molar-refractivity contribution in [3.8, 4) is 5.75 Å².